The number of rotatable bonds is 18. The maximum Gasteiger partial charge on any atom is 0.397 e. The number of Topliss-reactive ketones (excluding diaryl/α,β-unsaturated/α-hetero) is 2. The summed E-state index contributed by atoms with van der Waals surface area (Å²) in [6, 6.07) is 0. The molecule has 8 fully saturated rings. The topological polar surface area (TPSA) is 453 Å². The number of ketones is 2. The van der Waals surface area contributed by atoms with Crippen molar-refractivity contribution in [3.8, 4) is 0 Å². The number of hydrogen-bond donors (Lipinski definition) is 14. The molecule has 5 heterocycles. The van der Waals surface area contributed by atoms with Crippen LogP contribution in [0, 0.1) is 34.5 Å². The van der Waals surface area contributed by atoms with Crippen molar-refractivity contribution in [1.82, 2.24) is 0 Å². The normalized spacial score (nSPS) is 51.6. The summed E-state index contributed by atoms with van der Waals surface area (Å²) in [5.41, 5.74) is -1.69. The summed E-state index contributed by atoms with van der Waals surface area (Å²) in [6.45, 7) is 11.7. The molecule has 0 spiro atoms. The van der Waals surface area contributed by atoms with E-state index in [2.05, 4.69) is 13.0 Å². The van der Waals surface area contributed by atoms with Crippen LogP contribution in [-0.4, -0.2) is 269 Å². The van der Waals surface area contributed by atoms with Gasteiger partial charge in [0.2, 0.25) is 0 Å². The molecule has 9 rings (SSSR count). The molecule has 0 radical (unpaired) electrons. The Morgan fingerprint density at radius 1 is 0.605 bits per heavy atom. The number of allylic oxidation sites excluding steroid dienone is 2. The highest BCUT2D eigenvalue weighted by molar-refractivity contribution is 7.80. The van der Waals surface area contributed by atoms with Crippen LogP contribution in [0.4, 0.5) is 0 Å². The molecule has 0 unspecified atom stereocenters. The largest absolute Gasteiger partial charge is 0.397 e. The predicted octanol–water partition coefficient (Wildman–Crippen LogP) is -3.36. The van der Waals surface area contributed by atoms with Crippen LogP contribution in [-0.2, 0) is 71.5 Å². The van der Waals surface area contributed by atoms with Crippen molar-refractivity contribution >= 4 is 22.0 Å². The van der Waals surface area contributed by atoms with E-state index in [1.807, 2.05) is 6.92 Å². The molecular formula is C56H90O29S. The maximum absolute atomic E-state index is 13.0. The lowest BCUT2D eigenvalue weighted by Crippen LogP contribution is -2.68. The van der Waals surface area contributed by atoms with Crippen molar-refractivity contribution < 1.29 is 140 Å². The van der Waals surface area contributed by atoms with E-state index in [1.165, 1.54) is 34.6 Å². The number of fused-ring (bicyclic) bond motifs is 5. The van der Waals surface area contributed by atoms with E-state index in [4.69, 9.17) is 51.6 Å². The Bertz CT molecular complexity index is 2510. The number of aliphatic hydroxyl groups is 13. The lowest BCUT2D eigenvalue weighted by atomic mass is 9.47. The molecule has 9 aliphatic rings. The highest BCUT2D eigenvalue weighted by Crippen LogP contribution is 2.67. The Kier molecular flexibility index (Phi) is 20.8. The Hall–Kier alpha value is -1.97. The first kappa shape index (κ1) is 68.4. The average Bonchev–Trinajstić information content (AvgIpc) is 1.31. The monoisotopic (exact) mass is 1260 g/mol. The van der Waals surface area contributed by atoms with Crippen LogP contribution >= 0.6 is 0 Å². The van der Waals surface area contributed by atoms with Gasteiger partial charge in [-0.1, -0.05) is 25.5 Å². The van der Waals surface area contributed by atoms with E-state index in [1.54, 1.807) is 6.92 Å². The first-order valence-corrected chi connectivity index (χ1v) is 31.2. The molecule has 0 aromatic heterocycles. The second-order valence-electron chi connectivity index (χ2n) is 26.4. The van der Waals surface area contributed by atoms with E-state index < -0.39 is 205 Å². The highest BCUT2D eigenvalue weighted by atomic mass is 32.3. The average molecular weight is 1260 g/mol. The fourth-order valence-corrected chi connectivity index (χ4v) is 16.4. The number of carbonyl (C=O) groups is 2. The molecule has 34 atom stereocenters. The van der Waals surface area contributed by atoms with E-state index in [-0.39, 0.29) is 61.4 Å². The molecule has 86 heavy (non-hydrogen) atoms. The molecule has 0 aromatic carbocycles. The molecule has 0 aromatic rings. The summed E-state index contributed by atoms with van der Waals surface area (Å²) in [7, 11) is -4.93. The molecule has 29 nitrogen and oxygen atoms in total. The zero-order chi connectivity index (χ0) is 63.2. The number of ether oxygens (including phenoxy) is 10. The van der Waals surface area contributed by atoms with Crippen LogP contribution in [0.1, 0.15) is 113 Å². The summed E-state index contributed by atoms with van der Waals surface area (Å²) in [5.74, 6) is -2.01. The Labute approximate surface area is 498 Å². The summed E-state index contributed by atoms with van der Waals surface area (Å²) < 4.78 is 101. The molecule has 30 heteroatoms. The van der Waals surface area contributed by atoms with Crippen molar-refractivity contribution in [2.24, 2.45) is 34.5 Å². The zero-order valence-corrected chi connectivity index (χ0v) is 50.2. The van der Waals surface area contributed by atoms with Crippen molar-refractivity contribution in [3.63, 3.8) is 0 Å². The van der Waals surface area contributed by atoms with Gasteiger partial charge in [0.25, 0.3) is 0 Å². The highest BCUT2D eigenvalue weighted by Gasteiger charge is 2.64. The van der Waals surface area contributed by atoms with Gasteiger partial charge in [-0.05, 0) is 121 Å². The SMILES string of the molecule is CC(=O)CC(=O)C[C@](C)(O)[C@H]1CC[C@H]2[C@@H]3C[C@H](O[C@@H]4O[C@H](CO)[C@@H](O)[C@H](O[C@@H]5O[C@H](C)[C@@H](O[C@@H]6O[C@H](C)[C@H](O)[C@H](O)[C@H]6O[C@@H]6O[C@H](C)[C@H](O)[C@H](O)[C@H]6O)[C@H](O)[C@H]5O[C@@H]5O[C@H](C)[C@@H](O)[C@H](O)[C@H]5O)[C@H]4O)[C@H]4C[C@@H](OS(=O)(=O)O)CC[C@]4(C)C3=CC[C@@]21C. The minimum Gasteiger partial charge on any atom is -0.394 e. The molecule has 4 aliphatic carbocycles. The van der Waals surface area contributed by atoms with Gasteiger partial charge >= 0.3 is 10.4 Å². The van der Waals surface area contributed by atoms with E-state index in [0.717, 1.165) is 5.57 Å². The second-order valence-corrected chi connectivity index (χ2v) is 27.4. The number of hydrogen-bond acceptors (Lipinski definition) is 28. The van der Waals surface area contributed by atoms with Crippen LogP contribution < -0.4 is 0 Å². The van der Waals surface area contributed by atoms with Crippen LogP contribution in [0.5, 0.6) is 0 Å². The summed E-state index contributed by atoms with van der Waals surface area (Å²) in [5, 5.41) is 146. The molecule has 14 N–H and O–H groups in total. The molecule has 5 saturated heterocycles. The Morgan fingerprint density at radius 3 is 1.67 bits per heavy atom. The van der Waals surface area contributed by atoms with Gasteiger partial charge in [0.1, 0.15) is 109 Å². The van der Waals surface area contributed by atoms with Gasteiger partial charge in [0.05, 0.1) is 55.3 Å². The van der Waals surface area contributed by atoms with E-state index in [0.29, 0.717) is 25.7 Å². The van der Waals surface area contributed by atoms with Gasteiger partial charge in [-0.15, -0.1) is 0 Å². The third-order valence-corrected chi connectivity index (χ3v) is 20.9. The third kappa shape index (κ3) is 13.3. The van der Waals surface area contributed by atoms with Gasteiger partial charge in [-0.3, -0.25) is 14.1 Å². The van der Waals surface area contributed by atoms with Gasteiger partial charge in [-0.25, -0.2) is 4.18 Å². The van der Waals surface area contributed by atoms with Crippen LogP contribution in [0.15, 0.2) is 11.6 Å². The molecule has 0 bridgehead atoms. The van der Waals surface area contributed by atoms with Crippen LogP contribution in [0.25, 0.3) is 0 Å². The Balaban J connectivity index is 1.00. The third-order valence-electron chi connectivity index (χ3n) is 20.4. The van der Waals surface area contributed by atoms with Crippen molar-refractivity contribution in [3.05, 3.63) is 11.6 Å². The van der Waals surface area contributed by atoms with Crippen LogP contribution in [0.3, 0.4) is 0 Å². The van der Waals surface area contributed by atoms with Gasteiger partial charge in [0, 0.05) is 6.42 Å². The van der Waals surface area contributed by atoms with Crippen molar-refractivity contribution in [2.75, 3.05) is 6.61 Å². The fourth-order valence-electron chi connectivity index (χ4n) is 15.9. The first-order chi connectivity index (χ1) is 40.1. The molecular weight excluding hydrogens is 1170 g/mol. The van der Waals surface area contributed by atoms with Crippen molar-refractivity contribution in [1.29, 1.82) is 0 Å². The smallest absolute Gasteiger partial charge is 0.394 e. The van der Waals surface area contributed by atoms with E-state index >= 15 is 0 Å². The molecule has 0 amide bonds. The van der Waals surface area contributed by atoms with Gasteiger partial charge in [-0.2, -0.15) is 8.42 Å². The number of carbonyl (C=O) groups excluding carboxylic acids is 2. The lowest BCUT2D eigenvalue weighted by molar-refractivity contribution is -0.406. The minimum absolute atomic E-state index is 0.0325. The first-order valence-electron chi connectivity index (χ1n) is 29.8. The van der Waals surface area contributed by atoms with E-state index in [9.17, 15) is 88.9 Å². The van der Waals surface area contributed by atoms with Gasteiger partial charge < -0.3 is 114 Å². The number of aliphatic hydroxyl groups excluding tert-OH is 12. The molecule has 5 aliphatic heterocycles. The minimum atomic E-state index is -4.93. The quantitative estimate of drug-likeness (QED) is 0.0362. The Morgan fingerprint density at radius 2 is 1.12 bits per heavy atom. The van der Waals surface area contributed by atoms with Crippen molar-refractivity contribution in [2.45, 2.75) is 285 Å². The summed E-state index contributed by atoms with van der Waals surface area (Å²) in [6.07, 6.45) is -40.5. The van der Waals surface area contributed by atoms with Gasteiger partial charge in [0.15, 0.2) is 31.5 Å². The fraction of sp³-hybridized carbons (Fsp3) is 0.929. The molecule has 494 valence electrons. The zero-order valence-electron chi connectivity index (χ0n) is 49.3. The summed E-state index contributed by atoms with van der Waals surface area (Å²) in [4.78, 5) is 24.9. The second kappa shape index (κ2) is 26.2. The maximum atomic E-state index is 13.0. The standard InChI is InChI=1S/C56H90O29S/c1-20(58)15-25(59)18-56(8,71)33-10-9-28-27-17-31(30-16-26(85-86(72,73)74)11-13-54(30,6)29(27)12-14-55(28,33)7)79-51-44(70)46(37(63)32(19-57)80-51)82-53-48(84-50-42(68)39(65)35(61)22(3)76-50)43(69)45(24(5)78-53)81-52-47(40(66)36(62)23(4)77-52)83-49-41(67)38(64)34(60)21(2)75-49/h12,21-24,26-28,30-53,57,60-71H,9-11,13-19H2,1-8H3,(H,72,73,74)/t21-,22-,23-,24-,26+,27+,28+,30-,31+,32-,33+,34+,35-,36+,37-,38+,39+,40+,41-,42-,43+,44-,45-,46+,47-,48-,49+,50+,51-,52+,53+,54-,55+,56+/m1/s1. The lowest BCUT2D eigenvalue weighted by Gasteiger charge is -2.60. The molecule has 3 saturated carbocycles. The predicted molar refractivity (Wildman–Crippen MR) is 286 cm³/mol. The van der Waals surface area contributed by atoms with Crippen LogP contribution in [0.2, 0.25) is 0 Å². The summed E-state index contributed by atoms with van der Waals surface area (Å²) >= 11 is 0.